The van der Waals surface area contributed by atoms with Crippen LogP contribution in [0.4, 0.5) is 4.39 Å². The molecule has 0 unspecified atom stereocenters. The van der Waals surface area contributed by atoms with Gasteiger partial charge in [0.15, 0.2) is 11.0 Å². The van der Waals surface area contributed by atoms with E-state index >= 15 is 0 Å². The molecule has 0 spiro atoms. The summed E-state index contributed by atoms with van der Waals surface area (Å²) in [6.45, 7) is 2.04. The molecule has 0 aromatic carbocycles. The number of esters is 1. The Kier molecular flexibility index (Phi) is 4.96. The molecule has 0 radical (unpaired) electrons. The molecule has 3 nitrogen and oxygen atoms in total. The van der Waals surface area contributed by atoms with E-state index < -0.39 is 5.82 Å². The van der Waals surface area contributed by atoms with Crippen LogP contribution in [0.3, 0.4) is 0 Å². The summed E-state index contributed by atoms with van der Waals surface area (Å²) in [7, 11) is 0. The topological polar surface area (TPSA) is 39.2 Å². The maximum Gasteiger partial charge on any atom is 0.306 e. The van der Waals surface area contributed by atoms with E-state index in [9.17, 15) is 9.18 Å². The lowest BCUT2D eigenvalue weighted by molar-refractivity contribution is -0.143. The van der Waals surface area contributed by atoms with E-state index in [1.807, 2.05) is 0 Å². The van der Waals surface area contributed by atoms with E-state index in [1.165, 1.54) is 6.07 Å². The molecule has 0 saturated carbocycles. The monoisotopic (exact) mass is 265 g/mol. The number of rotatable bonds is 4. The van der Waals surface area contributed by atoms with Gasteiger partial charge in [-0.15, -0.1) is 0 Å². The third-order valence-electron chi connectivity index (χ3n) is 1.86. The maximum absolute atomic E-state index is 13.1. The molecular weight excluding hydrogens is 256 g/mol. The summed E-state index contributed by atoms with van der Waals surface area (Å²) in [5.74, 6) is -1.00. The average molecular weight is 266 g/mol. The summed E-state index contributed by atoms with van der Waals surface area (Å²) < 4.78 is 17.8. The van der Waals surface area contributed by atoms with Crippen LogP contribution in [0.15, 0.2) is 6.07 Å². The Labute approximate surface area is 103 Å². The van der Waals surface area contributed by atoms with Crippen molar-refractivity contribution in [2.45, 2.75) is 19.8 Å². The standard InChI is InChI=1S/C10H10Cl2FNO2/c1-2-16-8(15)4-3-6-5-7(13)10(12)14-9(6)11/h5H,2-4H2,1H3. The smallest absolute Gasteiger partial charge is 0.306 e. The summed E-state index contributed by atoms with van der Waals surface area (Å²) in [4.78, 5) is 14.7. The molecule has 1 heterocycles. The molecule has 0 aliphatic rings. The quantitative estimate of drug-likeness (QED) is 0.621. The molecule has 0 aliphatic carbocycles. The fraction of sp³-hybridized carbons (Fsp3) is 0.400. The fourth-order valence-electron chi connectivity index (χ4n) is 1.13. The number of hydrogen-bond acceptors (Lipinski definition) is 3. The summed E-state index contributed by atoms with van der Waals surface area (Å²) in [5.41, 5.74) is 0.441. The van der Waals surface area contributed by atoms with Gasteiger partial charge in [0.25, 0.3) is 0 Å². The van der Waals surface area contributed by atoms with Crippen molar-refractivity contribution >= 4 is 29.2 Å². The second-order valence-corrected chi connectivity index (χ2v) is 3.73. The van der Waals surface area contributed by atoms with Gasteiger partial charge in [0.05, 0.1) is 6.61 Å². The van der Waals surface area contributed by atoms with Crippen LogP contribution in [-0.2, 0) is 16.0 Å². The Hall–Kier alpha value is -0.870. The molecule has 0 bridgehead atoms. The van der Waals surface area contributed by atoms with Gasteiger partial charge in [0, 0.05) is 6.42 Å². The van der Waals surface area contributed by atoms with Gasteiger partial charge in [0.1, 0.15) is 5.15 Å². The molecular formula is C10H10Cl2FNO2. The lowest BCUT2D eigenvalue weighted by atomic mass is 10.1. The van der Waals surface area contributed by atoms with Crippen molar-refractivity contribution in [3.8, 4) is 0 Å². The first kappa shape index (κ1) is 13.2. The Bertz CT molecular complexity index is 399. The van der Waals surface area contributed by atoms with Crippen molar-refractivity contribution in [3.63, 3.8) is 0 Å². The maximum atomic E-state index is 13.1. The zero-order valence-electron chi connectivity index (χ0n) is 8.60. The van der Waals surface area contributed by atoms with Crippen molar-refractivity contribution in [2.75, 3.05) is 6.61 Å². The van der Waals surface area contributed by atoms with Crippen molar-refractivity contribution in [1.29, 1.82) is 0 Å². The summed E-state index contributed by atoms with van der Waals surface area (Å²) >= 11 is 11.2. The van der Waals surface area contributed by atoms with Crippen LogP contribution >= 0.6 is 23.2 Å². The van der Waals surface area contributed by atoms with Gasteiger partial charge in [-0.2, -0.15) is 0 Å². The third kappa shape index (κ3) is 3.61. The lowest BCUT2D eigenvalue weighted by Gasteiger charge is -2.04. The van der Waals surface area contributed by atoms with Crippen LogP contribution in [0.5, 0.6) is 0 Å². The Morgan fingerprint density at radius 1 is 1.50 bits per heavy atom. The van der Waals surface area contributed by atoms with Gasteiger partial charge in [-0.3, -0.25) is 4.79 Å². The fourth-order valence-corrected chi connectivity index (χ4v) is 1.54. The van der Waals surface area contributed by atoms with Gasteiger partial charge < -0.3 is 4.74 Å². The average Bonchev–Trinajstić information content (AvgIpc) is 2.22. The first-order chi connectivity index (χ1) is 7.54. The van der Waals surface area contributed by atoms with Crippen LogP contribution < -0.4 is 0 Å². The van der Waals surface area contributed by atoms with Gasteiger partial charge in [-0.05, 0) is 25.0 Å². The number of carbonyl (C=O) groups excluding carboxylic acids is 1. The van der Waals surface area contributed by atoms with E-state index in [0.29, 0.717) is 12.2 Å². The third-order valence-corrected chi connectivity index (χ3v) is 2.46. The molecule has 0 amide bonds. The molecule has 16 heavy (non-hydrogen) atoms. The molecule has 0 N–H and O–H groups in total. The van der Waals surface area contributed by atoms with E-state index in [1.54, 1.807) is 6.92 Å². The number of ether oxygens (including phenoxy) is 1. The van der Waals surface area contributed by atoms with Crippen LogP contribution in [0, 0.1) is 5.82 Å². The van der Waals surface area contributed by atoms with Crippen LogP contribution in [-0.4, -0.2) is 17.6 Å². The van der Waals surface area contributed by atoms with E-state index in [0.717, 1.165) is 0 Å². The summed E-state index contributed by atoms with van der Waals surface area (Å²) in [6, 6.07) is 1.18. The summed E-state index contributed by atoms with van der Waals surface area (Å²) in [5, 5.41) is -0.166. The van der Waals surface area contributed by atoms with Crippen molar-refractivity contribution in [3.05, 3.63) is 27.8 Å². The minimum Gasteiger partial charge on any atom is -0.466 e. The first-order valence-corrected chi connectivity index (χ1v) is 5.46. The van der Waals surface area contributed by atoms with Crippen LogP contribution in [0.2, 0.25) is 10.3 Å². The highest BCUT2D eigenvalue weighted by atomic mass is 35.5. The summed E-state index contributed by atoms with van der Waals surface area (Å²) in [6.07, 6.45) is 0.412. The van der Waals surface area contributed by atoms with Gasteiger partial charge in [-0.1, -0.05) is 23.2 Å². The van der Waals surface area contributed by atoms with E-state index in [-0.39, 0.29) is 29.1 Å². The molecule has 1 aromatic heterocycles. The van der Waals surface area contributed by atoms with E-state index in [4.69, 9.17) is 27.9 Å². The molecule has 1 rings (SSSR count). The number of aryl methyl sites for hydroxylation is 1. The number of aromatic nitrogens is 1. The second-order valence-electron chi connectivity index (χ2n) is 3.02. The number of pyridine rings is 1. The van der Waals surface area contributed by atoms with Crippen LogP contribution in [0.1, 0.15) is 18.9 Å². The minimum absolute atomic E-state index is 0.107. The van der Waals surface area contributed by atoms with Crippen molar-refractivity contribution in [2.24, 2.45) is 0 Å². The molecule has 0 fully saturated rings. The number of hydrogen-bond donors (Lipinski definition) is 0. The van der Waals surface area contributed by atoms with Gasteiger partial charge in [0.2, 0.25) is 0 Å². The highest BCUT2D eigenvalue weighted by molar-refractivity contribution is 6.32. The normalized spacial score (nSPS) is 10.2. The Balaban J connectivity index is 2.67. The zero-order valence-corrected chi connectivity index (χ0v) is 10.1. The van der Waals surface area contributed by atoms with Crippen molar-refractivity contribution < 1.29 is 13.9 Å². The van der Waals surface area contributed by atoms with Crippen LogP contribution in [0.25, 0.3) is 0 Å². The largest absolute Gasteiger partial charge is 0.466 e. The van der Waals surface area contributed by atoms with Gasteiger partial charge in [-0.25, -0.2) is 9.37 Å². The zero-order chi connectivity index (χ0) is 12.1. The first-order valence-electron chi connectivity index (χ1n) is 4.70. The Morgan fingerprint density at radius 2 is 2.19 bits per heavy atom. The Morgan fingerprint density at radius 3 is 2.81 bits per heavy atom. The predicted molar refractivity (Wildman–Crippen MR) is 59.2 cm³/mol. The molecule has 0 aliphatic heterocycles. The van der Waals surface area contributed by atoms with E-state index in [2.05, 4.69) is 4.98 Å². The predicted octanol–water partition coefficient (Wildman–Crippen LogP) is 3.02. The van der Waals surface area contributed by atoms with Crippen molar-refractivity contribution in [1.82, 2.24) is 4.98 Å². The number of nitrogens with zero attached hydrogens (tertiary/aromatic N) is 1. The lowest BCUT2D eigenvalue weighted by Crippen LogP contribution is -2.06. The highest BCUT2D eigenvalue weighted by Crippen LogP contribution is 2.21. The SMILES string of the molecule is CCOC(=O)CCc1cc(F)c(Cl)nc1Cl. The number of carbonyl (C=O) groups is 1. The second kappa shape index (κ2) is 6.01. The number of halogens is 3. The molecule has 0 saturated heterocycles. The molecule has 0 atom stereocenters. The van der Waals surface area contributed by atoms with Gasteiger partial charge >= 0.3 is 5.97 Å². The highest BCUT2D eigenvalue weighted by Gasteiger charge is 2.10. The molecule has 6 heteroatoms. The minimum atomic E-state index is -0.648. The molecule has 88 valence electrons. The molecule has 1 aromatic rings.